The maximum Gasteiger partial charge on any atom is 0.246 e. The number of hydrogen-bond donors (Lipinski definition) is 4. The molecule has 1 atom stereocenters. The molecule has 0 unspecified atom stereocenters. The second-order valence-corrected chi connectivity index (χ2v) is 7.77. The molecule has 7 nitrogen and oxygen atoms in total. The van der Waals surface area contributed by atoms with Gasteiger partial charge in [0.1, 0.15) is 6.04 Å². The topological polar surface area (TPSA) is 127 Å². The van der Waals surface area contributed by atoms with Crippen LogP contribution in [0.5, 0.6) is 0 Å². The average Bonchev–Trinajstić information content (AvgIpc) is 2.82. The molecule has 0 aliphatic carbocycles. The Hall–Kier alpha value is -3.03. The molecule has 172 valence electrons. The van der Waals surface area contributed by atoms with Crippen LogP contribution in [-0.4, -0.2) is 36.7 Å². The van der Waals surface area contributed by atoms with E-state index in [1.807, 2.05) is 18.2 Å². The summed E-state index contributed by atoms with van der Waals surface area (Å²) in [6.45, 7) is 1.15. The van der Waals surface area contributed by atoms with Crippen LogP contribution in [0.25, 0.3) is 0 Å². The third-order valence-electron chi connectivity index (χ3n) is 5.16. The van der Waals surface area contributed by atoms with Crippen molar-refractivity contribution in [2.45, 2.75) is 51.0 Å². The normalized spacial score (nSPS) is 11.6. The first-order valence-corrected chi connectivity index (χ1v) is 11.3. The van der Waals surface area contributed by atoms with E-state index in [4.69, 9.17) is 11.5 Å². The molecule has 0 bridgehead atoms. The fourth-order valence-corrected chi connectivity index (χ4v) is 3.33. The molecule has 0 fully saturated rings. The average molecular weight is 439 g/mol. The first-order valence-electron chi connectivity index (χ1n) is 11.3. The first kappa shape index (κ1) is 25.2. The number of nitrogens with one attached hydrogen (secondary N) is 2. The fraction of sp³-hybridized carbons (Fsp3) is 0.400. The number of carbonyl (C=O) groups is 3. The minimum absolute atomic E-state index is 0.0787. The van der Waals surface area contributed by atoms with Crippen LogP contribution in [0.2, 0.25) is 0 Å². The van der Waals surface area contributed by atoms with Gasteiger partial charge in [-0.1, -0.05) is 36.8 Å². The molecular formula is C25H34N4O3. The third-order valence-corrected chi connectivity index (χ3v) is 5.16. The Bertz CT molecular complexity index is 853. The predicted octanol–water partition coefficient (Wildman–Crippen LogP) is 2.99. The highest BCUT2D eigenvalue weighted by Crippen LogP contribution is 2.15. The van der Waals surface area contributed by atoms with Crippen molar-refractivity contribution in [1.82, 2.24) is 5.32 Å². The van der Waals surface area contributed by atoms with Gasteiger partial charge in [-0.15, -0.1) is 0 Å². The summed E-state index contributed by atoms with van der Waals surface area (Å²) in [7, 11) is 0. The lowest BCUT2D eigenvalue weighted by Crippen LogP contribution is -2.43. The van der Waals surface area contributed by atoms with Crippen molar-refractivity contribution in [3.05, 3.63) is 65.7 Å². The van der Waals surface area contributed by atoms with E-state index in [1.54, 1.807) is 36.4 Å². The summed E-state index contributed by atoms with van der Waals surface area (Å²) in [6, 6.07) is 15.2. The smallest absolute Gasteiger partial charge is 0.246 e. The van der Waals surface area contributed by atoms with Crippen LogP contribution in [0.3, 0.4) is 0 Å². The van der Waals surface area contributed by atoms with Gasteiger partial charge in [0.2, 0.25) is 11.8 Å². The van der Waals surface area contributed by atoms with E-state index in [0.717, 1.165) is 32.1 Å². The van der Waals surface area contributed by atoms with E-state index in [9.17, 15) is 14.4 Å². The standard InChI is InChI=1S/C25H34N4O3/c26-17-7-2-5-12-23(30)29-22(11-6-8-18-27)25(32)28-21-15-13-20(14-16-21)24(31)19-9-3-1-4-10-19/h1,3-4,9-10,13-16,22H,2,5-8,11-12,17-18,26-27H2,(H,28,32)(H,29,30)/t22-/m0/s1. The van der Waals surface area contributed by atoms with Crippen molar-refractivity contribution >= 4 is 23.3 Å². The van der Waals surface area contributed by atoms with E-state index in [0.29, 0.717) is 42.7 Å². The second-order valence-electron chi connectivity index (χ2n) is 7.77. The monoisotopic (exact) mass is 438 g/mol. The Balaban J connectivity index is 1.96. The molecule has 0 saturated carbocycles. The van der Waals surface area contributed by atoms with Gasteiger partial charge in [0.25, 0.3) is 0 Å². The summed E-state index contributed by atoms with van der Waals surface area (Å²) in [5.41, 5.74) is 12.8. The van der Waals surface area contributed by atoms with Crippen LogP contribution >= 0.6 is 0 Å². The van der Waals surface area contributed by atoms with Gasteiger partial charge in [-0.05, 0) is 69.5 Å². The molecule has 7 heteroatoms. The molecule has 6 N–H and O–H groups in total. The summed E-state index contributed by atoms with van der Waals surface area (Å²) in [6.07, 6.45) is 4.94. The van der Waals surface area contributed by atoms with Crippen molar-refractivity contribution in [1.29, 1.82) is 0 Å². The Morgan fingerprint density at radius 1 is 0.750 bits per heavy atom. The summed E-state index contributed by atoms with van der Waals surface area (Å²) >= 11 is 0. The van der Waals surface area contributed by atoms with Gasteiger partial charge in [-0.2, -0.15) is 0 Å². The van der Waals surface area contributed by atoms with E-state index in [1.165, 1.54) is 0 Å². The highest BCUT2D eigenvalue weighted by Gasteiger charge is 2.20. The molecule has 0 aromatic heterocycles. The van der Waals surface area contributed by atoms with Crippen molar-refractivity contribution in [2.24, 2.45) is 11.5 Å². The Morgan fingerprint density at radius 3 is 2.03 bits per heavy atom. The summed E-state index contributed by atoms with van der Waals surface area (Å²) in [4.78, 5) is 37.6. The third kappa shape index (κ3) is 8.61. The number of nitrogens with two attached hydrogens (primary N) is 2. The quantitative estimate of drug-likeness (QED) is 0.266. The summed E-state index contributed by atoms with van der Waals surface area (Å²) in [5, 5.41) is 5.69. The van der Waals surface area contributed by atoms with Gasteiger partial charge in [0, 0.05) is 23.2 Å². The lowest BCUT2D eigenvalue weighted by molar-refractivity contribution is -0.126. The number of unbranched alkanes of at least 4 members (excludes halogenated alkanes) is 3. The van der Waals surface area contributed by atoms with Crippen LogP contribution in [0.15, 0.2) is 54.6 Å². The number of benzene rings is 2. The number of rotatable bonds is 14. The zero-order valence-electron chi connectivity index (χ0n) is 18.5. The lowest BCUT2D eigenvalue weighted by Gasteiger charge is -2.18. The van der Waals surface area contributed by atoms with Crippen molar-refractivity contribution < 1.29 is 14.4 Å². The largest absolute Gasteiger partial charge is 0.344 e. The van der Waals surface area contributed by atoms with Gasteiger partial charge in [-0.25, -0.2) is 0 Å². The molecule has 0 aliphatic rings. The van der Waals surface area contributed by atoms with Crippen LogP contribution in [-0.2, 0) is 9.59 Å². The van der Waals surface area contributed by atoms with Crippen LogP contribution in [0.4, 0.5) is 5.69 Å². The molecule has 0 aliphatic heterocycles. The molecular weight excluding hydrogens is 404 g/mol. The molecule has 2 amide bonds. The Morgan fingerprint density at radius 2 is 1.38 bits per heavy atom. The minimum Gasteiger partial charge on any atom is -0.344 e. The molecule has 0 saturated heterocycles. The SMILES string of the molecule is NCCCCCC(=O)N[C@@H](CCCCN)C(=O)Nc1ccc(C(=O)c2ccccc2)cc1. The Kier molecular flexibility index (Phi) is 11.1. The summed E-state index contributed by atoms with van der Waals surface area (Å²) < 4.78 is 0. The molecule has 0 heterocycles. The van der Waals surface area contributed by atoms with Gasteiger partial charge >= 0.3 is 0 Å². The van der Waals surface area contributed by atoms with E-state index >= 15 is 0 Å². The number of amides is 2. The van der Waals surface area contributed by atoms with Gasteiger partial charge in [0.15, 0.2) is 5.78 Å². The minimum atomic E-state index is -0.630. The highest BCUT2D eigenvalue weighted by molar-refractivity contribution is 6.09. The molecule has 32 heavy (non-hydrogen) atoms. The van der Waals surface area contributed by atoms with Crippen molar-refractivity contribution in [2.75, 3.05) is 18.4 Å². The summed E-state index contributed by atoms with van der Waals surface area (Å²) in [5.74, 6) is -0.497. The number of carbonyl (C=O) groups excluding carboxylic acids is 3. The van der Waals surface area contributed by atoms with E-state index < -0.39 is 6.04 Å². The number of anilines is 1. The van der Waals surface area contributed by atoms with Crippen LogP contribution < -0.4 is 22.1 Å². The van der Waals surface area contributed by atoms with E-state index in [2.05, 4.69) is 10.6 Å². The second kappa shape index (κ2) is 14.1. The van der Waals surface area contributed by atoms with Gasteiger partial charge in [0.05, 0.1) is 0 Å². The van der Waals surface area contributed by atoms with Crippen LogP contribution in [0, 0.1) is 0 Å². The molecule has 0 radical (unpaired) electrons. The van der Waals surface area contributed by atoms with Gasteiger partial charge < -0.3 is 22.1 Å². The molecule has 2 rings (SSSR count). The van der Waals surface area contributed by atoms with Crippen molar-refractivity contribution in [3.8, 4) is 0 Å². The molecule has 0 spiro atoms. The zero-order valence-corrected chi connectivity index (χ0v) is 18.5. The number of hydrogen-bond acceptors (Lipinski definition) is 5. The maximum atomic E-state index is 12.8. The zero-order chi connectivity index (χ0) is 23.2. The van der Waals surface area contributed by atoms with Gasteiger partial charge in [-0.3, -0.25) is 14.4 Å². The van der Waals surface area contributed by atoms with E-state index in [-0.39, 0.29) is 17.6 Å². The highest BCUT2D eigenvalue weighted by atomic mass is 16.2. The van der Waals surface area contributed by atoms with Crippen molar-refractivity contribution in [3.63, 3.8) is 0 Å². The predicted molar refractivity (Wildman–Crippen MR) is 127 cm³/mol. The molecule has 2 aromatic carbocycles. The fourth-order valence-electron chi connectivity index (χ4n) is 3.33. The molecule has 2 aromatic rings. The lowest BCUT2D eigenvalue weighted by atomic mass is 10.0. The first-order chi connectivity index (χ1) is 15.5. The maximum absolute atomic E-state index is 12.8. The Labute approximate surface area is 189 Å². The van der Waals surface area contributed by atoms with Crippen LogP contribution in [0.1, 0.15) is 60.9 Å². The number of ketones is 1.